The lowest BCUT2D eigenvalue weighted by Gasteiger charge is -2.11. The fourth-order valence-corrected chi connectivity index (χ4v) is 3.62. The molecule has 0 aromatic heterocycles. The Kier molecular flexibility index (Phi) is 5.98. The maximum atomic E-state index is 10.9. The first-order valence-corrected chi connectivity index (χ1v) is 8.71. The summed E-state index contributed by atoms with van der Waals surface area (Å²) >= 11 is 1.43. The molecule has 0 fully saturated rings. The van der Waals surface area contributed by atoms with Crippen molar-refractivity contribution in [1.29, 1.82) is 0 Å². The van der Waals surface area contributed by atoms with Crippen molar-refractivity contribution in [2.75, 3.05) is 30.6 Å². The number of benzene rings is 1. The van der Waals surface area contributed by atoms with E-state index in [9.17, 15) is 13.5 Å². The average molecular weight is 290 g/mol. The Labute approximate surface area is 112 Å². The van der Waals surface area contributed by atoms with Crippen LogP contribution in [0.5, 0.6) is 5.75 Å². The zero-order valence-corrected chi connectivity index (χ0v) is 12.1. The molecule has 4 nitrogen and oxygen atoms in total. The third-order valence-electron chi connectivity index (χ3n) is 2.35. The van der Waals surface area contributed by atoms with Crippen molar-refractivity contribution in [2.45, 2.75) is 6.10 Å². The largest absolute Gasteiger partial charge is 0.497 e. The Balaban J connectivity index is 2.42. The van der Waals surface area contributed by atoms with E-state index in [-0.39, 0.29) is 5.75 Å². The summed E-state index contributed by atoms with van der Waals surface area (Å²) in [4.78, 5) is 0. The summed E-state index contributed by atoms with van der Waals surface area (Å²) in [5, 5.41) is 9.94. The lowest BCUT2D eigenvalue weighted by atomic mass is 10.1. The van der Waals surface area contributed by atoms with E-state index in [0.29, 0.717) is 17.3 Å². The Bertz CT molecular complexity index is 471. The maximum Gasteiger partial charge on any atom is 0.148 e. The highest BCUT2D eigenvalue weighted by atomic mass is 32.2. The minimum Gasteiger partial charge on any atom is -0.497 e. The first-order valence-electron chi connectivity index (χ1n) is 5.50. The van der Waals surface area contributed by atoms with Gasteiger partial charge in [-0.25, -0.2) is 8.42 Å². The summed E-state index contributed by atoms with van der Waals surface area (Å²) < 4.78 is 27.0. The standard InChI is InChI=1S/C12H18O4S2/c1-16-11-5-3-4-10(8-11)12(13)9-17-6-7-18(2,14)15/h3-5,8,12-13H,6-7,9H2,1-2H3. The lowest BCUT2D eigenvalue weighted by molar-refractivity contribution is 0.203. The van der Waals surface area contributed by atoms with E-state index in [1.165, 1.54) is 18.0 Å². The molecule has 0 spiro atoms. The van der Waals surface area contributed by atoms with Gasteiger partial charge in [-0.2, -0.15) is 11.8 Å². The molecule has 1 rings (SSSR count). The molecule has 1 N–H and O–H groups in total. The Morgan fingerprint density at radius 1 is 1.44 bits per heavy atom. The first kappa shape index (κ1) is 15.3. The highest BCUT2D eigenvalue weighted by Crippen LogP contribution is 2.22. The molecule has 1 aromatic carbocycles. The van der Waals surface area contributed by atoms with E-state index in [2.05, 4.69) is 0 Å². The molecule has 6 heteroatoms. The van der Waals surface area contributed by atoms with Gasteiger partial charge >= 0.3 is 0 Å². The normalized spacial score (nSPS) is 13.3. The van der Waals surface area contributed by atoms with E-state index in [4.69, 9.17) is 4.74 Å². The van der Waals surface area contributed by atoms with Gasteiger partial charge in [-0.1, -0.05) is 12.1 Å². The van der Waals surface area contributed by atoms with E-state index in [1.807, 2.05) is 18.2 Å². The van der Waals surface area contributed by atoms with Gasteiger partial charge in [-0.05, 0) is 17.7 Å². The summed E-state index contributed by atoms with van der Waals surface area (Å²) in [7, 11) is -1.34. The second kappa shape index (κ2) is 7.01. The summed E-state index contributed by atoms with van der Waals surface area (Å²) in [5.41, 5.74) is 0.779. The SMILES string of the molecule is COc1cccc(C(O)CSCCS(C)(=O)=O)c1. The van der Waals surface area contributed by atoms with Crippen molar-refractivity contribution in [1.82, 2.24) is 0 Å². The number of thioether (sulfide) groups is 1. The van der Waals surface area contributed by atoms with Gasteiger partial charge in [0, 0.05) is 17.8 Å². The molecule has 102 valence electrons. The topological polar surface area (TPSA) is 63.6 Å². The molecular weight excluding hydrogens is 272 g/mol. The van der Waals surface area contributed by atoms with E-state index in [0.717, 1.165) is 5.56 Å². The number of ether oxygens (including phenoxy) is 1. The molecule has 0 aliphatic rings. The average Bonchev–Trinajstić information content (AvgIpc) is 2.33. The molecular formula is C12H18O4S2. The number of aliphatic hydroxyl groups is 1. The van der Waals surface area contributed by atoms with Crippen LogP contribution < -0.4 is 4.74 Å². The number of sulfone groups is 1. The van der Waals surface area contributed by atoms with Crippen LogP contribution in [0.15, 0.2) is 24.3 Å². The monoisotopic (exact) mass is 290 g/mol. The van der Waals surface area contributed by atoms with Gasteiger partial charge in [0.25, 0.3) is 0 Å². The minimum atomic E-state index is -2.92. The zero-order chi connectivity index (χ0) is 13.6. The van der Waals surface area contributed by atoms with Gasteiger partial charge < -0.3 is 9.84 Å². The van der Waals surface area contributed by atoms with Crippen LogP contribution in [0.1, 0.15) is 11.7 Å². The molecule has 18 heavy (non-hydrogen) atoms. The van der Waals surface area contributed by atoms with Gasteiger partial charge in [-0.3, -0.25) is 0 Å². The molecule has 1 atom stereocenters. The van der Waals surface area contributed by atoms with Gasteiger partial charge in [0.1, 0.15) is 15.6 Å². The molecule has 0 bridgehead atoms. The van der Waals surface area contributed by atoms with E-state index >= 15 is 0 Å². The summed E-state index contributed by atoms with van der Waals surface area (Å²) in [6.07, 6.45) is 0.608. The predicted octanol–water partition coefficient (Wildman–Crippen LogP) is 1.51. The molecule has 0 heterocycles. The number of methoxy groups -OCH3 is 1. The van der Waals surface area contributed by atoms with Crippen LogP contribution in [-0.4, -0.2) is 44.1 Å². The van der Waals surface area contributed by atoms with Crippen LogP contribution in [-0.2, 0) is 9.84 Å². The molecule has 0 saturated carbocycles. The van der Waals surface area contributed by atoms with Crippen LogP contribution >= 0.6 is 11.8 Å². The molecule has 1 aromatic rings. The molecule has 0 aliphatic heterocycles. The zero-order valence-electron chi connectivity index (χ0n) is 10.5. The van der Waals surface area contributed by atoms with Crippen molar-refractivity contribution >= 4 is 21.6 Å². The predicted molar refractivity (Wildman–Crippen MR) is 75.0 cm³/mol. The van der Waals surface area contributed by atoms with Crippen molar-refractivity contribution < 1.29 is 18.3 Å². The Hall–Kier alpha value is -0.720. The highest BCUT2D eigenvalue weighted by Gasteiger charge is 2.09. The maximum absolute atomic E-state index is 10.9. The van der Waals surface area contributed by atoms with Gasteiger partial charge in [0.2, 0.25) is 0 Å². The first-order chi connectivity index (χ1) is 8.42. The van der Waals surface area contributed by atoms with Crippen LogP contribution in [0.25, 0.3) is 0 Å². The van der Waals surface area contributed by atoms with Crippen LogP contribution in [0.4, 0.5) is 0 Å². The van der Waals surface area contributed by atoms with Gasteiger partial charge in [-0.15, -0.1) is 0 Å². The van der Waals surface area contributed by atoms with E-state index in [1.54, 1.807) is 13.2 Å². The molecule has 1 unspecified atom stereocenters. The van der Waals surface area contributed by atoms with Crippen molar-refractivity contribution in [3.05, 3.63) is 29.8 Å². The summed E-state index contributed by atoms with van der Waals surface area (Å²) in [6.45, 7) is 0. The number of hydrogen-bond donors (Lipinski definition) is 1. The highest BCUT2D eigenvalue weighted by molar-refractivity contribution is 8.00. The van der Waals surface area contributed by atoms with Crippen molar-refractivity contribution in [3.63, 3.8) is 0 Å². The summed E-state index contributed by atoms with van der Waals surface area (Å²) in [6, 6.07) is 7.23. The Morgan fingerprint density at radius 2 is 2.17 bits per heavy atom. The fraction of sp³-hybridized carbons (Fsp3) is 0.500. The molecule has 0 saturated heterocycles. The fourth-order valence-electron chi connectivity index (χ4n) is 1.35. The Morgan fingerprint density at radius 3 is 2.78 bits per heavy atom. The van der Waals surface area contributed by atoms with Crippen LogP contribution in [0, 0.1) is 0 Å². The molecule has 0 aliphatic carbocycles. The second-order valence-electron chi connectivity index (χ2n) is 4.00. The van der Waals surface area contributed by atoms with Crippen molar-refractivity contribution in [3.8, 4) is 5.75 Å². The number of aliphatic hydroxyl groups excluding tert-OH is 1. The third kappa shape index (κ3) is 5.75. The third-order valence-corrected chi connectivity index (χ3v) is 4.60. The number of hydrogen-bond acceptors (Lipinski definition) is 5. The molecule has 0 radical (unpaired) electrons. The molecule has 0 amide bonds. The second-order valence-corrected chi connectivity index (χ2v) is 7.41. The quantitative estimate of drug-likeness (QED) is 0.771. The van der Waals surface area contributed by atoms with Crippen LogP contribution in [0.2, 0.25) is 0 Å². The van der Waals surface area contributed by atoms with E-state index < -0.39 is 15.9 Å². The van der Waals surface area contributed by atoms with Crippen LogP contribution in [0.3, 0.4) is 0 Å². The smallest absolute Gasteiger partial charge is 0.148 e. The summed E-state index contributed by atoms with van der Waals surface area (Å²) in [5.74, 6) is 1.82. The number of rotatable bonds is 7. The van der Waals surface area contributed by atoms with Gasteiger partial charge in [0.15, 0.2) is 0 Å². The lowest BCUT2D eigenvalue weighted by Crippen LogP contribution is -2.07. The van der Waals surface area contributed by atoms with Crippen molar-refractivity contribution in [2.24, 2.45) is 0 Å². The van der Waals surface area contributed by atoms with Gasteiger partial charge in [0.05, 0.1) is 19.0 Å². The minimum absolute atomic E-state index is 0.141.